The average molecular weight is 559 g/mol. The maximum Gasteiger partial charge on any atom is 0.294 e. The van der Waals surface area contributed by atoms with Gasteiger partial charge in [0.25, 0.3) is 11.1 Å². The summed E-state index contributed by atoms with van der Waals surface area (Å²) >= 11 is 8.61. The molecule has 0 aliphatic carbocycles. The molecule has 2 aromatic rings. The van der Waals surface area contributed by atoms with E-state index >= 15 is 0 Å². The third-order valence-corrected chi connectivity index (χ3v) is 5.92. The zero-order valence-corrected chi connectivity index (χ0v) is 19.4. The van der Waals surface area contributed by atoms with E-state index in [9.17, 15) is 19.5 Å². The Labute approximate surface area is 195 Å². The van der Waals surface area contributed by atoms with Crippen molar-refractivity contribution in [2.75, 3.05) is 18.5 Å². The van der Waals surface area contributed by atoms with Crippen molar-refractivity contribution < 1.29 is 24.2 Å². The SMILES string of the molecule is CCOc1ccc(NC(=O)CN2C(=O)S/C(=C/c3cc(Cl)cc(I)c3O)C2=O)cc1. The molecule has 1 saturated heterocycles. The summed E-state index contributed by atoms with van der Waals surface area (Å²) in [5, 5.41) is 12.6. The molecule has 30 heavy (non-hydrogen) atoms. The number of amides is 3. The maximum atomic E-state index is 12.6. The molecule has 3 rings (SSSR count). The number of anilines is 1. The summed E-state index contributed by atoms with van der Waals surface area (Å²) in [5.74, 6) is -0.491. The number of carbonyl (C=O) groups excluding carboxylic acids is 3. The molecule has 1 aliphatic rings. The van der Waals surface area contributed by atoms with Crippen LogP contribution in [0.15, 0.2) is 41.3 Å². The van der Waals surface area contributed by atoms with Gasteiger partial charge >= 0.3 is 0 Å². The van der Waals surface area contributed by atoms with E-state index in [4.69, 9.17) is 16.3 Å². The third-order valence-electron chi connectivity index (χ3n) is 3.97. The molecule has 156 valence electrons. The van der Waals surface area contributed by atoms with Gasteiger partial charge in [-0.05, 0) is 83.8 Å². The summed E-state index contributed by atoms with van der Waals surface area (Å²) in [6.07, 6.45) is 1.39. The van der Waals surface area contributed by atoms with Crippen LogP contribution >= 0.6 is 46.0 Å². The van der Waals surface area contributed by atoms with Crippen LogP contribution < -0.4 is 10.1 Å². The van der Waals surface area contributed by atoms with Crippen LogP contribution in [-0.4, -0.2) is 40.2 Å². The number of hydrogen-bond acceptors (Lipinski definition) is 6. The van der Waals surface area contributed by atoms with Crippen LogP contribution in [0.3, 0.4) is 0 Å². The Hall–Kier alpha value is -2.24. The van der Waals surface area contributed by atoms with Gasteiger partial charge < -0.3 is 15.2 Å². The van der Waals surface area contributed by atoms with Gasteiger partial charge in [0.1, 0.15) is 18.0 Å². The number of phenolic OH excluding ortho intramolecular Hbond substituents is 1. The number of halogens is 2. The molecule has 2 aromatic carbocycles. The van der Waals surface area contributed by atoms with Gasteiger partial charge in [-0.3, -0.25) is 19.3 Å². The highest BCUT2D eigenvalue weighted by atomic mass is 127. The van der Waals surface area contributed by atoms with Gasteiger partial charge in [0.05, 0.1) is 15.1 Å². The minimum atomic E-state index is -0.610. The second kappa shape index (κ2) is 9.71. The third kappa shape index (κ3) is 5.27. The number of nitrogens with zero attached hydrogens (tertiary/aromatic N) is 1. The summed E-state index contributed by atoms with van der Waals surface area (Å²) in [6, 6.07) is 9.82. The molecule has 7 nitrogen and oxygen atoms in total. The Balaban J connectivity index is 1.70. The number of benzene rings is 2. The fraction of sp³-hybridized carbons (Fsp3) is 0.150. The molecule has 1 heterocycles. The van der Waals surface area contributed by atoms with Gasteiger partial charge in [-0.2, -0.15) is 0 Å². The van der Waals surface area contributed by atoms with Crippen molar-refractivity contribution in [1.29, 1.82) is 0 Å². The first kappa shape index (κ1) is 22.4. The fourth-order valence-electron chi connectivity index (χ4n) is 2.62. The minimum Gasteiger partial charge on any atom is -0.506 e. The van der Waals surface area contributed by atoms with E-state index in [1.165, 1.54) is 12.1 Å². The number of hydrogen-bond donors (Lipinski definition) is 2. The topological polar surface area (TPSA) is 95.9 Å². The lowest BCUT2D eigenvalue weighted by atomic mass is 10.2. The molecule has 0 saturated carbocycles. The molecular formula is C20H16ClIN2O5S. The molecule has 0 spiro atoms. The predicted octanol–water partition coefficient (Wildman–Crippen LogP) is 4.72. The number of aromatic hydroxyl groups is 1. The van der Waals surface area contributed by atoms with E-state index in [0.29, 0.717) is 44.0 Å². The standard InChI is InChI=1S/C20H16ClIN2O5S/c1-2-29-14-5-3-13(4-6-14)23-17(25)10-24-19(27)16(30-20(24)28)8-11-7-12(21)9-15(22)18(11)26/h3-9,26H,2,10H2,1H3,(H,23,25)/b16-8+. The van der Waals surface area contributed by atoms with Gasteiger partial charge in [-0.15, -0.1) is 0 Å². The number of carbonyl (C=O) groups is 3. The van der Waals surface area contributed by atoms with Crippen molar-refractivity contribution in [2.45, 2.75) is 6.92 Å². The molecule has 0 aromatic heterocycles. The molecular weight excluding hydrogens is 543 g/mol. The zero-order chi connectivity index (χ0) is 21.8. The van der Waals surface area contributed by atoms with E-state index in [-0.39, 0.29) is 10.7 Å². The largest absolute Gasteiger partial charge is 0.506 e. The molecule has 1 aliphatic heterocycles. The van der Waals surface area contributed by atoms with Crippen molar-refractivity contribution >= 4 is 74.8 Å². The predicted molar refractivity (Wildman–Crippen MR) is 125 cm³/mol. The van der Waals surface area contributed by atoms with E-state index in [2.05, 4.69) is 5.32 Å². The van der Waals surface area contributed by atoms with Crippen molar-refractivity contribution in [2.24, 2.45) is 0 Å². The van der Waals surface area contributed by atoms with Gasteiger partial charge in [0.15, 0.2) is 0 Å². The van der Waals surface area contributed by atoms with E-state index < -0.39 is 23.6 Å². The lowest BCUT2D eigenvalue weighted by molar-refractivity contribution is -0.127. The number of ether oxygens (including phenoxy) is 1. The summed E-state index contributed by atoms with van der Waals surface area (Å²) < 4.78 is 5.85. The number of imide groups is 1. The minimum absolute atomic E-state index is 0.0416. The normalized spacial score (nSPS) is 15.0. The Bertz CT molecular complexity index is 1040. The first-order valence-corrected chi connectivity index (χ1v) is 11.0. The first-order chi connectivity index (χ1) is 14.3. The Morgan fingerprint density at radius 3 is 2.67 bits per heavy atom. The fourth-order valence-corrected chi connectivity index (χ4v) is 4.51. The molecule has 10 heteroatoms. The second-order valence-electron chi connectivity index (χ2n) is 6.10. The van der Waals surface area contributed by atoms with E-state index in [1.54, 1.807) is 30.3 Å². The van der Waals surface area contributed by atoms with Crippen molar-refractivity contribution in [3.05, 3.63) is 55.5 Å². The van der Waals surface area contributed by atoms with Crippen LogP contribution in [0.25, 0.3) is 6.08 Å². The first-order valence-electron chi connectivity index (χ1n) is 8.74. The van der Waals surface area contributed by atoms with Gasteiger partial charge in [-0.25, -0.2) is 0 Å². The van der Waals surface area contributed by atoms with E-state index in [1.807, 2.05) is 29.5 Å². The quantitative estimate of drug-likeness (QED) is 0.393. The van der Waals surface area contributed by atoms with Crippen molar-refractivity contribution in [3.8, 4) is 11.5 Å². The number of phenols is 1. The van der Waals surface area contributed by atoms with Crippen LogP contribution in [0, 0.1) is 3.57 Å². The zero-order valence-electron chi connectivity index (χ0n) is 15.6. The van der Waals surface area contributed by atoms with Crippen LogP contribution in [0.2, 0.25) is 5.02 Å². The Morgan fingerprint density at radius 2 is 2.00 bits per heavy atom. The van der Waals surface area contributed by atoms with Crippen molar-refractivity contribution in [3.63, 3.8) is 0 Å². The summed E-state index contributed by atoms with van der Waals surface area (Å²) in [6.45, 7) is 1.98. The molecule has 3 amide bonds. The number of nitrogens with one attached hydrogen (secondary N) is 1. The average Bonchev–Trinajstić information content (AvgIpc) is 2.95. The monoisotopic (exact) mass is 558 g/mol. The molecule has 0 radical (unpaired) electrons. The summed E-state index contributed by atoms with van der Waals surface area (Å²) in [5.41, 5.74) is 0.834. The molecule has 0 atom stereocenters. The highest BCUT2D eigenvalue weighted by Crippen LogP contribution is 2.36. The maximum absolute atomic E-state index is 12.6. The lowest BCUT2D eigenvalue weighted by Gasteiger charge is -2.12. The van der Waals surface area contributed by atoms with Crippen LogP contribution in [0.4, 0.5) is 10.5 Å². The summed E-state index contributed by atoms with van der Waals surface area (Å²) in [4.78, 5) is 38.1. The van der Waals surface area contributed by atoms with Gasteiger partial charge in [-0.1, -0.05) is 11.6 Å². The van der Waals surface area contributed by atoms with Crippen molar-refractivity contribution in [1.82, 2.24) is 4.90 Å². The molecule has 1 fully saturated rings. The highest BCUT2D eigenvalue weighted by molar-refractivity contribution is 14.1. The molecule has 2 N–H and O–H groups in total. The summed E-state index contributed by atoms with van der Waals surface area (Å²) in [7, 11) is 0. The molecule has 0 bridgehead atoms. The van der Waals surface area contributed by atoms with Crippen LogP contribution in [0.5, 0.6) is 11.5 Å². The lowest BCUT2D eigenvalue weighted by Crippen LogP contribution is -2.36. The highest BCUT2D eigenvalue weighted by Gasteiger charge is 2.36. The van der Waals surface area contributed by atoms with Crippen LogP contribution in [0.1, 0.15) is 12.5 Å². The Morgan fingerprint density at radius 1 is 1.30 bits per heavy atom. The number of rotatable bonds is 6. The second-order valence-corrected chi connectivity index (χ2v) is 8.69. The van der Waals surface area contributed by atoms with E-state index in [0.717, 1.165) is 4.90 Å². The number of thioether (sulfide) groups is 1. The molecule has 0 unspecified atom stereocenters. The smallest absolute Gasteiger partial charge is 0.294 e. The van der Waals surface area contributed by atoms with Gasteiger partial charge in [0, 0.05) is 16.3 Å². The van der Waals surface area contributed by atoms with Crippen LogP contribution in [-0.2, 0) is 9.59 Å². The Kier molecular flexibility index (Phi) is 7.27. The van der Waals surface area contributed by atoms with Gasteiger partial charge in [0.2, 0.25) is 5.91 Å².